The van der Waals surface area contributed by atoms with Gasteiger partial charge in [-0.2, -0.15) is 0 Å². The Bertz CT molecular complexity index is 630. The van der Waals surface area contributed by atoms with Crippen LogP contribution in [-0.4, -0.2) is 18.0 Å². The Kier molecular flexibility index (Phi) is 31.4. The lowest BCUT2D eigenvalue weighted by atomic mass is 9.96. The van der Waals surface area contributed by atoms with Crippen molar-refractivity contribution in [2.45, 2.75) is 226 Å². The third-order valence-corrected chi connectivity index (χ3v) is 10.1. The highest BCUT2D eigenvalue weighted by Crippen LogP contribution is 2.28. The van der Waals surface area contributed by atoms with E-state index in [4.69, 9.17) is 0 Å². The molecule has 0 bridgehead atoms. The van der Waals surface area contributed by atoms with Crippen molar-refractivity contribution < 1.29 is 0 Å². The van der Waals surface area contributed by atoms with Gasteiger partial charge in [-0.15, -0.1) is 0 Å². The molecule has 258 valence electrons. The normalized spacial score (nSPS) is 12.4. The Morgan fingerprint density at radius 1 is 0.364 bits per heavy atom. The van der Waals surface area contributed by atoms with E-state index in [0.717, 1.165) is 0 Å². The van der Waals surface area contributed by atoms with Gasteiger partial charge < -0.3 is 0 Å². The first-order valence-electron chi connectivity index (χ1n) is 20.6. The molecule has 1 nitrogen and oxygen atoms in total. The monoisotopic (exact) mass is 612 g/mol. The summed E-state index contributed by atoms with van der Waals surface area (Å²) < 4.78 is 0. The standard InChI is InChI=1S/C43H81N/c1-4-7-10-13-16-19-22-25-28-34-39-43(42-37-32-31-33-38-42)44(40-35-29-26-23-20-17-14-11-8-5-2)41-36-30-27-24-21-18-15-12-9-6-3/h31-33,37-38,43H,4-30,34-36,39-41H2,1-3H3. The highest BCUT2D eigenvalue weighted by molar-refractivity contribution is 5.19. The summed E-state index contributed by atoms with van der Waals surface area (Å²) in [5, 5.41) is 0. The zero-order chi connectivity index (χ0) is 31.6. The van der Waals surface area contributed by atoms with Crippen LogP contribution in [0.3, 0.4) is 0 Å². The van der Waals surface area contributed by atoms with Gasteiger partial charge in [0, 0.05) is 6.04 Å². The van der Waals surface area contributed by atoms with Gasteiger partial charge in [-0.3, -0.25) is 4.90 Å². The molecule has 1 rings (SSSR count). The minimum atomic E-state index is 0.613. The van der Waals surface area contributed by atoms with Crippen molar-refractivity contribution in [3.63, 3.8) is 0 Å². The van der Waals surface area contributed by atoms with Gasteiger partial charge in [-0.1, -0.05) is 231 Å². The number of hydrogen-bond acceptors (Lipinski definition) is 1. The Morgan fingerprint density at radius 2 is 0.659 bits per heavy atom. The van der Waals surface area contributed by atoms with E-state index in [2.05, 4.69) is 56.0 Å². The Morgan fingerprint density at radius 3 is 1.00 bits per heavy atom. The number of benzene rings is 1. The summed E-state index contributed by atoms with van der Waals surface area (Å²) >= 11 is 0. The summed E-state index contributed by atoms with van der Waals surface area (Å²) in [7, 11) is 0. The smallest absolute Gasteiger partial charge is 0.0348 e. The first kappa shape index (κ1) is 41.2. The molecule has 44 heavy (non-hydrogen) atoms. The summed E-state index contributed by atoms with van der Waals surface area (Å²) in [6.07, 6.45) is 44.2. The Balaban J connectivity index is 2.52. The summed E-state index contributed by atoms with van der Waals surface area (Å²) in [5.74, 6) is 0. The highest BCUT2D eigenvalue weighted by atomic mass is 15.1. The molecule has 0 radical (unpaired) electrons. The first-order chi connectivity index (χ1) is 21.8. The van der Waals surface area contributed by atoms with Crippen molar-refractivity contribution >= 4 is 0 Å². The minimum absolute atomic E-state index is 0.613. The van der Waals surface area contributed by atoms with E-state index < -0.39 is 0 Å². The largest absolute Gasteiger partial charge is 0.296 e. The molecule has 1 unspecified atom stereocenters. The topological polar surface area (TPSA) is 3.24 Å². The number of rotatable bonds is 35. The summed E-state index contributed by atoms with van der Waals surface area (Å²) in [6.45, 7) is 9.55. The van der Waals surface area contributed by atoms with Crippen molar-refractivity contribution in [2.24, 2.45) is 0 Å². The van der Waals surface area contributed by atoms with Gasteiger partial charge in [-0.05, 0) is 37.9 Å². The molecule has 1 aromatic rings. The van der Waals surface area contributed by atoms with Gasteiger partial charge in [0.1, 0.15) is 0 Å². The predicted octanol–water partition coefficient (Wildman–Crippen LogP) is 15.2. The zero-order valence-electron chi connectivity index (χ0n) is 30.7. The van der Waals surface area contributed by atoms with E-state index in [1.165, 1.54) is 212 Å². The molecule has 1 atom stereocenters. The summed E-state index contributed by atoms with van der Waals surface area (Å²) in [6, 6.07) is 12.2. The lowest BCUT2D eigenvalue weighted by Gasteiger charge is -2.33. The van der Waals surface area contributed by atoms with Crippen LogP contribution in [0.25, 0.3) is 0 Å². The van der Waals surface area contributed by atoms with Crippen molar-refractivity contribution in [2.75, 3.05) is 13.1 Å². The van der Waals surface area contributed by atoms with Crippen LogP contribution in [-0.2, 0) is 0 Å². The predicted molar refractivity (Wildman–Crippen MR) is 201 cm³/mol. The van der Waals surface area contributed by atoms with Crippen LogP contribution in [0.15, 0.2) is 30.3 Å². The molecule has 0 saturated heterocycles. The number of unbranched alkanes of at least 4 members (excludes halogenated alkanes) is 27. The van der Waals surface area contributed by atoms with Gasteiger partial charge in [0.2, 0.25) is 0 Å². The second kappa shape index (κ2) is 33.5. The average Bonchev–Trinajstić information content (AvgIpc) is 3.05. The molecule has 1 aromatic carbocycles. The molecule has 0 aliphatic heterocycles. The summed E-state index contributed by atoms with van der Waals surface area (Å²) in [4.78, 5) is 2.93. The van der Waals surface area contributed by atoms with Crippen LogP contribution in [0.4, 0.5) is 0 Å². The number of nitrogens with zero attached hydrogens (tertiary/aromatic N) is 1. The molecule has 0 aromatic heterocycles. The van der Waals surface area contributed by atoms with Crippen molar-refractivity contribution in [1.29, 1.82) is 0 Å². The molecule has 0 spiro atoms. The average molecular weight is 612 g/mol. The molecule has 0 N–H and O–H groups in total. The zero-order valence-corrected chi connectivity index (χ0v) is 30.7. The van der Waals surface area contributed by atoms with Gasteiger partial charge >= 0.3 is 0 Å². The van der Waals surface area contributed by atoms with Gasteiger partial charge in [0.25, 0.3) is 0 Å². The quantitative estimate of drug-likeness (QED) is 0.0690. The molecule has 0 aliphatic carbocycles. The highest BCUT2D eigenvalue weighted by Gasteiger charge is 2.19. The second-order valence-electron chi connectivity index (χ2n) is 14.3. The molecule has 0 aliphatic rings. The van der Waals surface area contributed by atoms with Gasteiger partial charge in [-0.25, -0.2) is 0 Å². The third-order valence-electron chi connectivity index (χ3n) is 10.1. The fraction of sp³-hybridized carbons (Fsp3) is 0.860. The van der Waals surface area contributed by atoms with E-state index in [0.29, 0.717) is 6.04 Å². The fourth-order valence-corrected chi connectivity index (χ4v) is 7.09. The lowest BCUT2D eigenvalue weighted by molar-refractivity contribution is 0.175. The van der Waals surface area contributed by atoms with E-state index >= 15 is 0 Å². The second-order valence-corrected chi connectivity index (χ2v) is 14.3. The fourth-order valence-electron chi connectivity index (χ4n) is 7.09. The summed E-state index contributed by atoms with van der Waals surface area (Å²) in [5.41, 5.74) is 1.57. The first-order valence-corrected chi connectivity index (χ1v) is 20.6. The van der Waals surface area contributed by atoms with Crippen LogP contribution in [0.5, 0.6) is 0 Å². The van der Waals surface area contributed by atoms with Crippen molar-refractivity contribution in [3.8, 4) is 0 Å². The molecular weight excluding hydrogens is 530 g/mol. The van der Waals surface area contributed by atoms with Crippen LogP contribution in [0, 0.1) is 0 Å². The maximum Gasteiger partial charge on any atom is 0.0348 e. The van der Waals surface area contributed by atoms with E-state index in [1.54, 1.807) is 5.56 Å². The number of hydrogen-bond donors (Lipinski definition) is 0. The molecule has 1 heteroatoms. The molecule has 0 fully saturated rings. The molecule has 0 amide bonds. The van der Waals surface area contributed by atoms with Crippen LogP contribution < -0.4 is 0 Å². The SMILES string of the molecule is CCCCCCCCCCCCC(c1ccccc1)N(CCCCCCCCCCCC)CCCCCCCCCCCC. The van der Waals surface area contributed by atoms with Crippen LogP contribution in [0.1, 0.15) is 231 Å². The maximum absolute atomic E-state index is 2.93. The maximum atomic E-state index is 2.93. The molecular formula is C43H81N. The van der Waals surface area contributed by atoms with Crippen molar-refractivity contribution in [1.82, 2.24) is 4.90 Å². The van der Waals surface area contributed by atoms with Crippen LogP contribution >= 0.6 is 0 Å². The van der Waals surface area contributed by atoms with E-state index in [-0.39, 0.29) is 0 Å². The van der Waals surface area contributed by atoms with Crippen molar-refractivity contribution in [3.05, 3.63) is 35.9 Å². The molecule has 0 heterocycles. The van der Waals surface area contributed by atoms with Gasteiger partial charge in [0.05, 0.1) is 0 Å². The lowest BCUT2D eigenvalue weighted by Crippen LogP contribution is -2.31. The Hall–Kier alpha value is -0.820. The Labute approximate surface area is 279 Å². The van der Waals surface area contributed by atoms with E-state index in [9.17, 15) is 0 Å². The minimum Gasteiger partial charge on any atom is -0.296 e. The molecule has 0 saturated carbocycles. The third kappa shape index (κ3) is 25.4. The van der Waals surface area contributed by atoms with Crippen LogP contribution in [0.2, 0.25) is 0 Å². The van der Waals surface area contributed by atoms with Gasteiger partial charge in [0.15, 0.2) is 0 Å². The van der Waals surface area contributed by atoms with E-state index in [1.807, 2.05) is 0 Å².